The lowest BCUT2D eigenvalue weighted by Crippen LogP contribution is -2.38. The maximum Gasteiger partial charge on any atom is 0.144 e. The van der Waals surface area contributed by atoms with Crippen LogP contribution in [0.25, 0.3) is 11.4 Å². The quantitative estimate of drug-likeness (QED) is 0.873. The summed E-state index contributed by atoms with van der Waals surface area (Å²) in [6, 6.07) is 11.7. The molecule has 0 spiro atoms. The highest BCUT2D eigenvalue weighted by Gasteiger charge is 2.28. The summed E-state index contributed by atoms with van der Waals surface area (Å²) in [7, 11) is 1.87. The number of rotatable bonds is 3. The van der Waals surface area contributed by atoms with E-state index in [2.05, 4.69) is 16.0 Å². The Morgan fingerprint density at radius 3 is 2.59 bits per heavy atom. The molecule has 0 saturated carbocycles. The van der Waals surface area contributed by atoms with Crippen LogP contribution in [-0.4, -0.2) is 40.8 Å². The summed E-state index contributed by atoms with van der Waals surface area (Å²) in [6.45, 7) is 2.69. The molecule has 1 aromatic carbocycles. The fourth-order valence-corrected chi connectivity index (χ4v) is 2.90. The van der Waals surface area contributed by atoms with Crippen molar-refractivity contribution in [1.82, 2.24) is 14.5 Å². The summed E-state index contributed by atoms with van der Waals surface area (Å²) in [5.41, 5.74) is 1.60. The predicted molar refractivity (Wildman–Crippen MR) is 84.4 cm³/mol. The zero-order valence-corrected chi connectivity index (χ0v) is 13.1. The van der Waals surface area contributed by atoms with Gasteiger partial charge in [-0.05, 0) is 0 Å². The Labute approximate surface area is 134 Å². The lowest BCUT2D eigenvalue weighted by atomic mass is 10.2. The molecule has 0 aliphatic carbocycles. The first kappa shape index (κ1) is 15.0. The lowest BCUT2D eigenvalue weighted by molar-refractivity contribution is 0.0260. The molecule has 1 aliphatic rings. The molecular weight excluding hydrogens is 300 g/mol. The molecule has 6 heteroatoms. The van der Waals surface area contributed by atoms with Gasteiger partial charge in [0.15, 0.2) is 0 Å². The van der Waals surface area contributed by atoms with Gasteiger partial charge in [-0.2, -0.15) is 5.26 Å². The summed E-state index contributed by atoms with van der Waals surface area (Å²) in [5.74, 6) is 0.772. The first-order chi connectivity index (χ1) is 10.7. The van der Waals surface area contributed by atoms with Crippen LogP contribution in [-0.2, 0) is 11.8 Å². The average Bonchev–Trinajstić information content (AvgIpc) is 2.86. The number of benzene rings is 1. The second-order valence-electron chi connectivity index (χ2n) is 5.22. The van der Waals surface area contributed by atoms with E-state index in [0.29, 0.717) is 37.2 Å². The third-order valence-electron chi connectivity index (χ3n) is 3.87. The van der Waals surface area contributed by atoms with Crippen LogP contribution < -0.4 is 0 Å². The van der Waals surface area contributed by atoms with Gasteiger partial charge in [-0.15, -0.1) is 0 Å². The zero-order valence-electron chi connectivity index (χ0n) is 12.4. The first-order valence-corrected chi connectivity index (χ1v) is 7.59. The summed E-state index contributed by atoms with van der Waals surface area (Å²) >= 11 is 6.45. The number of nitrogens with zero attached hydrogens (tertiary/aromatic N) is 4. The molecular formula is C16H17ClN4O. The van der Waals surface area contributed by atoms with Gasteiger partial charge in [-0.25, -0.2) is 4.98 Å². The highest BCUT2D eigenvalue weighted by molar-refractivity contribution is 6.30. The molecule has 2 aromatic rings. The average molecular weight is 317 g/mol. The van der Waals surface area contributed by atoms with E-state index < -0.39 is 6.04 Å². The molecule has 1 aromatic heterocycles. The van der Waals surface area contributed by atoms with Crippen molar-refractivity contribution in [2.75, 3.05) is 26.3 Å². The van der Waals surface area contributed by atoms with Gasteiger partial charge in [0, 0.05) is 25.7 Å². The number of halogens is 1. The monoisotopic (exact) mass is 316 g/mol. The summed E-state index contributed by atoms with van der Waals surface area (Å²) < 4.78 is 7.18. The summed E-state index contributed by atoms with van der Waals surface area (Å²) in [5, 5.41) is 10.1. The summed E-state index contributed by atoms with van der Waals surface area (Å²) in [4.78, 5) is 6.71. The highest BCUT2D eigenvalue weighted by atomic mass is 35.5. The molecule has 1 saturated heterocycles. The molecule has 1 atom stereocenters. The van der Waals surface area contributed by atoms with Gasteiger partial charge in [0.25, 0.3) is 0 Å². The van der Waals surface area contributed by atoms with E-state index >= 15 is 0 Å². The van der Waals surface area contributed by atoms with Crippen molar-refractivity contribution in [3.63, 3.8) is 0 Å². The number of aromatic nitrogens is 2. The van der Waals surface area contributed by atoms with Crippen molar-refractivity contribution < 1.29 is 4.74 Å². The molecule has 0 bridgehead atoms. The second-order valence-corrected chi connectivity index (χ2v) is 5.57. The zero-order chi connectivity index (χ0) is 15.5. The molecule has 22 heavy (non-hydrogen) atoms. The van der Waals surface area contributed by atoms with Crippen LogP contribution in [0, 0.1) is 11.3 Å². The second kappa shape index (κ2) is 6.49. The molecule has 5 nitrogen and oxygen atoms in total. The number of nitriles is 1. The van der Waals surface area contributed by atoms with Crippen molar-refractivity contribution in [2.45, 2.75) is 6.04 Å². The van der Waals surface area contributed by atoms with Crippen LogP contribution in [0.4, 0.5) is 0 Å². The fraction of sp³-hybridized carbons (Fsp3) is 0.375. The lowest BCUT2D eigenvalue weighted by Gasteiger charge is -2.29. The van der Waals surface area contributed by atoms with E-state index in [4.69, 9.17) is 16.3 Å². The molecule has 1 fully saturated rings. The van der Waals surface area contributed by atoms with E-state index in [9.17, 15) is 5.26 Å². The largest absolute Gasteiger partial charge is 0.379 e. The SMILES string of the molecule is Cn1c(-c2ccccc2)nc(C(C#N)N2CCOCC2)c1Cl. The van der Waals surface area contributed by atoms with E-state index in [1.807, 2.05) is 41.9 Å². The van der Waals surface area contributed by atoms with Gasteiger partial charge in [-0.1, -0.05) is 41.9 Å². The smallest absolute Gasteiger partial charge is 0.144 e. The molecule has 114 valence electrons. The minimum Gasteiger partial charge on any atom is -0.379 e. The van der Waals surface area contributed by atoms with Crippen molar-refractivity contribution in [1.29, 1.82) is 5.26 Å². The number of hydrogen-bond acceptors (Lipinski definition) is 4. The highest BCUT2D eigenvalue weighted by Crippen LogP contribution is 2.31. The Hall–Kier alpha value is -1.87. The number of imidazole rings is 1. The first-order valence-electron chi connectivity index (χ1n) is 7.21. The topological polar surface area (TPSA) is 54.1 Å². The van der Waals surface area contributed by atoms with Crippen LogP contribution >= 0.6 is 11.6 Å². The van der Waals surface area contributed by atoms with Gasteiger partial charge >= 0.3 is 0 Å². The molecule has 0 N–H and O–H groups in total. The Balaban J connectivity index is 1.99. The van der Waals surface area contributed by atoms with Gasteiger partial charge < -0.3 is 9.30 Å². The minimum atomic E-state index is -0.444. The van der Waals surface area contributed by atoms with Gasteiger partial charge in [-0.3, -0.25) is 4.90 Å². The molecule has 0 amide bonds. The van der Waals surface area contributed by atoms with Crippen molar-refractivity contribution >= 4 is 11.6 Å². The van der Waals surface area contributed by atoms with Crippen LogP contribution in [0.3, 0.4) is 0 Å². The fourth-order valence-electron chi connectivity index (χ4n) is 2.67. The van der Waals surface area contributed by atoms with Crippen molar-refractivity contribution in [3.05, 3.63) is 41.2 Å². The van der Waals surface area contributed by atoms with Gasteiger partial charge in [0.05, 0.1) is 19.3 Å². The van der Waals surface area contributed by atoms with Crippen molar-refractivity contribution in [3.8, 4) is 17.5 Å². The van der Waals surface area contributed by atoms with E-state index in [-0.39, 0.29) is 0 Å². The number of hydrogen-bond donors (Lipinski definition) is 0. The normalized spacial score (nSPS) is 17.1. The van der Waals surface area contributed by atoms with Crippen LogP contribution in [0.1, 0.15) is 11.7 Å². The number of ether oxygens (including phenoxy) is 1. The Morgan fingerprint density at radius 2 is 1.95 bits per heavy atom. The van der Waals surface area contributed by atoms with Gasteiger partial charge in [0.1, 0.15) is 22.7 Å². The summed E-state index contributed by atoms with van der Waals surface area (Å²) in [6.07, 6.45) is 0. The minimum absolute atomic E-state index is 0.444. The standard InChI is InChI=1S/C16H17ClN4O/c1-20-15(17)14(13(11-18)21-7-9-22-10-8-21)19-16(20)12-5-3-2-4-6-12/h2-6,13H,7-10H2,1H3. The third-order valence-corrected chi connectivity index (χ3v) is 4.32. The predicted octanol–water partition coefficient (Wildman–Crippen LogP) is 2.64. The Kier molecular flexibility index (Phi) is 4.44. The molecule has 2 heterocycles. The maximum absolute atomic E-state index is 9.59. The van der Waals surface area contributed by atoms with E-state index in [0.717, 1.165) is 11.4 Å². The molecule has 1 aliphatic heterocycles. The van der Waals surface area contributed by atoms with E-state index in [1.54, 1.807) is 0 Å². The van der Waals surface area contributed by atoms with Gasteiger partial charge in [0.2, 0.25) is 0 Å². The maximum atomic E-state index is 9.59. The Morgan fingerprint density at radius 1 is 1.27 bits per heavy atom. The molecule has 0 radical (unpaired) electrons. The van der Waals surface area contributed by atoms with Crippen LogP contribution in [0.5, 0.6) is 0 Å². The number of morpholine rings is 1. The Bertz CT molecular complexity index is 686. The van der Waals surface area contributed by atoms with Crippen molar-refractivity contribution in [2.24, 2.45) is 7.05 Å². The molecule has 1 unspecified atom stereocenters. The van der Waals surface area contributed by atoms with E-state index in [1.165, 1.54) is 0 Å². The molecule has 3 rings (SSSR count). The third kappa shape index (κ3) is 2.73. The van der Waals surface area contributed by atoms with Crippen LogP contribution in [0.15, 0.2) is 30.3 Å². The van der Waals surface area contributed by atoms with Crippen LogP contribution in [0.2, 0.25) is 5.15 Å².